The van der Waals surface area contributed by atoms with E-state index in [1.165, 1.54) is 13.4 Å². The Morgan fingerprint density at radius 1 is 1.27 bits per heavy atom. The zero-order valence-electron chi connectivity index (χ0n) is 15.0. The molecule has 3 unspecified atom stereocenters. The molecule has 0 amide bonds. The maximum Gasteiger partial charge on any atom is 0.165 e. The van der Waals surface area contributed by atoms with Crippen molar-refractivity contribution in [3.63, 3.8) is 0 Å². The summed E-state index contributed by atoms with van der Waals surface area (Å²) < 4.78 is 23.9. The van der Waals surface area contributed by atoms with Gasteiger partial charge in [-0.15, -0.1) is 0 Å². The number of nitrogens with zero attached hydrogens (tertiary/aromatic N) is 4. The summed E-state index contributed by atoms with van der Waals surface area (Å²) in [4.78, 5) is 12.7. The molecule has 0 bridgehead atoms. The van der Waals surface area contributed by atoms with Gasteiger partial charge in [0.1, 0.15) is 37.1 Å². The van der Waals surface area contributed by atoms with Crippen LogP contribution in [-0.2, 0) is 18.9 Å². The third-order valence-electron chi connectivity index (χ3n) is 5.50. The average Bonchev–Trinajstić information content (AvgIpc) is 3.01. The Morgan fingerprint density at radius 2 is 2.04 bits per heavy atom. The van der Waals surface area contributed by atoms with Crippen molar-refractivity contribution in [2.75, 3.05) is 33.5 Å². The van der Waals surface area contributed by atoms with Gasteiger partial charge in [0.2, 0.25) is 0 Å². The first-order chi connectivity index (χ1) is 12.5. The molecule has 5 atom stereocenters. The average molecular weight is 365 g/mol. The highest BCUT2D eigenvalue weighted by molar-refractivity contribution is 5.81. The van der Waals surface area contributed by atoms with E-state index in [1.54, 1.807) is 13.4 Å². The molecule has 0 aromatic carbocycles. The summed E-state index contributed by atoms with van der Waals surface area (Å²) in [6.45, 7) is 2.02. The number of anilines is 1. The second kappa shape index (κ2) is 6.10. The number of aromatic nitrogens is 4. The van der Waals surface area contributed by atoms with Crippen LogP contribution in [0.2, 0.25) is 0 Å². The third kappa shape index (κ3) is 2.33. The van der Waals surface area contributed by atoms with Crippen molar-refractivity contribution >= 4 is 17.0 Å². The number of methoxy groups -OCH3 is 2. The lowest BCUT2D eigenvalue weighted by molar-refractivity contribution is -0.226. The van der Waals surface area contributed by atoms with Gasteiger partial charge in [-0.2, -0.15) is 0 Å². The van der Waals surface area contributed by atoms with Gasteiger partial charge in [0, 0.05) is 20.1 Å². The van der Waals surface area contributed by atoms with Gasteiger partial charge in [0.05, 0.1) is 18.0 Å². The maximum atomic E-state index is 11.1. The topological polar surface area (TPSA) is 127 Å². The molecule has 2 heterocycles. The van der Waals surface area contributed by atoms with E-state index < -0.39 is 17.3 Å². The van der Waals surface area contributed by atoms with Crippen LogP contribution >= 0.6 is 0 Å². The monoisotopic (exact) mass is 365 g/mol. The number of hydrogen-bond donors (Lipinski definition) is 2. The summed E-state index contributed by atoms with van der Waals surface area (Å²) in [7, 11) is 3.09. The van der Waals surface area contributed by atoms with Crippen LogP contribution in [0.3, 0.4) is 0 Å². The van der Waals surface area contributed by atoms with Gasteiger partial charge in [-0.25, -0.2) is 15.0 Å². The largest absolute Gasteiger partial charge is 0.387 e. The van der Waals surface area contributed by atoms with Gasteiger partial charge in [0.15, 0.2) is 11.5 Å². The lowest BCUT2D eigenvalue weighted by Crippen LogP contribution is -2.51. The molecule has 0 radical (unpaired) electrons. The van der Waals surface area contributed by atoms with Gasteiger partial charge in [-0.05, 0) is 13.3 Å². The molecule has 2 fully saturated rings. The lowest BCUT2D eigenvalue weighted by Gasteiger charge is -2.39. The molecular formula is C16H23N5O5. The Balaban J connectivity index is 1.79. The van der Waals surface area contributed by atoms with Crippen LogP contribution in [0.5, 0.6) is 0 Å². The number of hydrogen-bond acceptors (Lipinski definition) is 9. The van der Waals surface area contributed by atoms with E-state index in [4.69, 9.17) is 24.7 Å². The van der Waals surface area contributed by atoms with E-state index in [0.717, 1.165) is 0 Å². The smallest absolute Gasteiger partial charge is 0.165 e. The number of rotatable bonds is 7. The highest BCUT2D eigenvalue weighted by atomic mass is 16.7. The number of ether oxygens (including phenoxy) is 4. The summed E-state index contributed by atoms with van der Waals surface area (Å²) in [5, 5.41) is 11.1. The van der Waals surface area contributed by atoms with Gasteiger partial charge in [-0.3, -0.25) is 0 Å². The molecule has 26 heavy (non-hydrogen) atoms. The Bertz CT molecular complexity index is 815. The number of imidazole rings is 1. The number of aliphatic hydroxyl groups is 1. The Labute approximate surface area is 150 Å². The molecule has 0 aliphatic heterocycles. The van der Waals surface area contributed by atoms with Gasteiger partial charge in [-0.1, -0.05) is 0 Å². The summed E-state index contributed by atoms with van der Waals surface area (Å²) in [5.74, 6) is 0.240. The summed E-state index contributed by atoms with van der Waals surface area (Å²) in [5.41, 5.74) is 5.15. The molecule has 4 rings (SSSR count). The number of nitrogens with two attached hydrogens (primary N) is 1. The first-order valence-electron chi connectivity index (χ1n) is 8.36. The van der Waals surface area contributed by atoms with Crippen LogP contribution in [0, 0.1) is 5.92 Å². The van der Waals surface area contributed by atoms with E-state index in [-0.39, 0.29) is 25.5 Å². The van der Waals surface area contributed by atoms with E-state index in [9.17, 15) is 5.11 Å². The molecule has 2 aromatic rings. The minimum atomic E-state index is -0.999. The van der Waals surface area contributed by atoms with Crippen molar-refractivity contribution in [1.82, 2.24) is 19.5 Å². The molecule has 10 nitrogen and oxygen atoms in total. The maximum absolute atomic E-state index is 11.1. The van der Waals surface area contributed by atoms with Crippen molar-refractivity contribution < 1.29 is 24.1 Å². The van der Waals surface area contributed by atoms with Gasteiger partial charge in [0.25, 0.3) is 0 Å². The quantitative estimate of drug-likeness (QED) is 0.656. The minimum absolute atomic E-state index is 0.0537. The standard InChI is InChI=1S/C16H23N5O5/c1-15(26-8-24-3)11(9-4-16(9,22)14(15)25-7-23-2)21-6-20-10-12(17)18-5-19-13(10)21/h5-6,9,11,14,22H,4,7-8H2,1-3H3,(H2,17,18,19)/t9?,11-,14?,15?,16+/m1/s1. The molecule has 0 spiro atoms. The van der Waals surface area contributed by atoms with Crippen molar-refractivity contribution in [3.8, 4) is 0 Å². The number of fused-ring (bicyclic) bond motifs is 2. The second-order valence-electron chi connectivity index (χ2n) is 7.02. The fraction of sp³-hybridized carbons (Fsp3) is 0.688. The molecule has 0 saturated heterocycles. The second-order valence-corrected chi connectivity index (χ2v) is 7.02. The third-order valence-corrected chi connectivity index (χ3v) is 5.50. The fourth-order valence-electron chi connectivity index (χ4n) is 4.37. The molecule has 2 aliphatic carbocycles. The SMILES string of the molecule is COCOC1C(C)(OCOC)[C@H](n2cnc3c(N)ncnc32)C2C[C@]21O. The van der Waals surface area contributed by atoms with E-state index in [2.05, 4.69) is 15.0 Å². The Morgan fingerprint density at radius 3 is 2.77 bits per heavy atom. The Hall–Kier alpha value is -1.85. The summed E-state index contributed by atoms with van der Waals surface area (Å²) in [6, 6.07) is -0.260. The fourth-order valence-corrected chi connectivity index (χ4v) is 4.37. The predicted octanol–water partition coefficient (Wildman–Crippen LogP) is 0.0825. The van der Waals surface area contributed by atoms with Crippen LogP contribution in [0.25, 0.3) is 11.2 Å². The van der Waals surface area contributed by atoms with E-state index in [1.807, 2.05) is 11.5 Å². The van der Waals surface area contributed by atoms with Crippen molar-refractivity contribution in [3.05, 3.63) is 12.7 Å². The molecule has 2 aromatic heterocycles. The van der Waals surface area contributed by atoms with E-state index in [0.29, 0.717) is 23.4 Å². The minimum Gasteiger partial charge on any atom is -0.387 e. The van der Waals surface area contributed by atoms with Gasteiger partial charge >= 0.3 is 0 Å². The van der Waals surface area contributed by atoms with Crippen molar-refractivity contribution in [2.45, 2.75) is 36.7 Å². The molecule has 2 saturated carbocycles. The summed E-state index contributed by atoms with van der Waals surface area (Å²) in [6.07, 6.45) is 3.07. The van der Waals surface area contributed by atoms with Crippen LogP contribution in [0.1, 0.15) is 19.4 Å². The summed E-state index contributed by atoms with van der Waals surface area (Å²) >= 11 is 0. The van der Waals surface area contributed by atoms with Crippen LogP contribution in [-0.4, -0.2) is 69.7 Å². The lowest BCUT2D eigenvalue weighted by atomic mass is 9.91. The van der Waals surface area contributed by atoms with Crippen LogP contribution < -0.4 is 5.73 Å². The molecular weight excluding hydrogens is 342 g/mol. The van der Waals surface area contributed by atoms with Crippen LogP contribution in [0.4, 0.5) is 5.82 Å². The molecule has 10 heteroatoms. The number of nitrogen functional groups attached to an aromatic ring is 1. The van der Waals surface area contributed by atoms with Crippen molar-refractivity contribution in [2.24, 2.45) is 5.92 Å². The molecule has 2 aliphatic rings. The highest BCUT2D eigenvalue weighted by Crippen LogP contribution is 2.66. The molecule has 3 N–H and O–H groups in total. The first kappa shape index (κ1) is 17.6. The predicted molar refractivity (Wildman–Crippen MR) is 89.9 cm³/mol. The van der Waals surface area contributed by atoms with Crippen molar-refractivity contribution in [1.29, 1.82) is 0 Å². The van der Waals surface area contributed by atoms with Crippen LogP contribution in [0.15, 0.2) is 12.7 Å². The van der Waals surface area contributed by atoms with E-state index >= 15 is 0 Å². The molecule has 142 valence electrons. The first-order valence-corrected chi connectivity index (χ1v) is 8.36. The van der Waals surface area contributed by atoms with Gasteiger partial charge < -0.3 is 34.4 Å². The zero-order chi connectivity index (χ0) is 18.5. The highest BCUT2D eigenvalue weighted by Gasteiger charge is 2.77. The zero-order valence-corrected chi connectivity index (χ0v) is 15.0. The Kier molecular flexibility index (Phi) is 4.12. The normalized spacial score (nSPS) is 35.8.